The van der Waals surface area contributed by atoms with Gasteiger partial charge in [-0.1, -0.05) is 33.1 Å². The van der Waals surface area contributed by atoms with Crippen LogP contribution in [0.25, 0.3) is 0 Å². The molecule has 0 N–H and O–H groups in total. The largest absolute Gasteiger partial charge is 0.140 e. The molecule has 0 nitrogen and oxygen atoms in total. The topological polar surface area (TPSA) is 0 Å². The van der Waals surface area contributed by atoms with Crippen LogP contribution in [0.4, 0.5) is 0 Å². The van der Waals surface area contributed by atoms with Gasteiger partial charge in [-0.15, -0.1) is 23.5 Å². The zero-order chi connectivity index (χ0) is 15.6. The molecular weight excluding hydrogens is 379 g/mol. The molecule has 0 aromatic heterocycles. The number of alkyl halides is 2. The summed E-state index contributed by atoms with van der Waals surface area (Å²) in [6, 6.07) is 0. The molecule has 3 unspecified atom stereocenters. The van der Waals surface area contributed by atoms with Crippen molar-refractivity contribution in [2.24, 2.45) is 28.6 Å². The van der Waals surface area contributed by atoms with Crippen LogP contribution >= 0.6 is 19.1 Å². The highest BCUT2D eigenvalue weighted by atomic mass is 127. The zero-order valence-electron chi connectivity index (χ0n) is 15.0. The predicted octanol–water partition coefficient (Wildman–Crippen LogP) is 6.66. The van der Waals surface area contributed by atoms with Crippen LogP contribution in [0.5, 0.6) is 0 Å². The molecule has 0 bridgehead atoms. The van der Waals surface area contributed by atoms with Crippen molar-refractivity contribution in [2.75, 3.05) is 4.93 Å². The second-order valence-corrected chi connectivity index (χ2v) is 14.6. The van der Waals surface area contributed by atoms with Crippen LogP contribution in [-0.2, 0) is 0 Å². The van der Waals surface area contributed by atoms with Crippen molar-refractivity contribution in [2.45, 2.75) is 87.9 Å². The van der Waals surface area contributed by atoms with E-state index in [1.165, 1.54) is 70.6 Å². The van der Waals surface area contributed by atoms with Crippen molar-refractivity contribution in [3.8, 4) is 4.31 Å². The lowest BCUT2D eigenvalue weighted by molar-refractivity contribution is -0.0848. The first-order chi connectivity index (χ1) is 10.4. The molecule has 1 heteroatoms. The Kier molecular flexibility index (Phi) is 3.82. The lowest BCUT2D eigenvalue weighted by atomic mass is 9.45. The Labute approximate surface area is 144 Å². The van der Waals surface area contributed by atoms with Crippen LogP contribution in [0.2, 0.25) is 0 Å². The van der Waals surface area contributed by atoms with E-state index < -0.39 is 19.1 Å². The summed E-state index contributed by atoms with van der Waals surface area (Å²) < 4.78 is 7.42. The van der Waals surface area contributed by atoms with Gasteiger partial charge in [0, 0.05) is 3.42 Å². The molecule has 0 aliphatic heterocycles. The van der Waals surface area contributed by atoms with Crippen LogP contribution in [0.15, 0.2) is 0 Å². The maximum Gasteiger partial charge on any atom is 0.0212 e. The van der Waals surface area contributed by atoms with E-state index >= 15 is 0 Å². The van der Waals surface area contributed by atoms with Crippen LogP contribution in [0.1, 0.15) is 84.5 Å². The first-order valence-corrected chi connectivity index (χ1v) is 14.3. The summed E-state index contributed by atoms with van der Waals surface area (Å²) >= 11 is -1.28. The Hall–Kier alpha value is 0.510. The minimum Gasteiger partial charge on any atom is -0.140 e. The molecule has 0 saturated heterocycles. The fourth-order valence-corrected chi connectivity index (χ4v) is 12.9. The molecule has 4 fully saturated rings. The predicted molar refractivity (Wildman–Crippen MR) is 105 cm³/mol. The van der Waals surface area contributed by atoms with Crippen LogP contribution < -0.4 is 0 Å². The molecule has 6 atom stereocenters. The van der Waals surface area contributed by atoms with E-state index in [2.05, 4.69) is 18.8 Å². The van der Waals surface area contributed by atoms with Crippen molar-refractivity contribution in [1.29, 1.82) is 0 Å². The highest BCUT2D eigenvalue weighted by molar-refractivity contribution is 14.2. The summed E-state index contributed by atoms with van der Waals surface area (Å²) in [7, 11) is 0. The van der Waals surface area contributed by atoms with Crippen LogP contribution in [0, 0.1) is 32.9 Å². The Morgan fingerprint density at radius 3 is 2.36 bits per heavy atom. The maximum atomic E-state index is 6.81. The number of fused-ring (bicyclic) bond motifs is 5. The summed E-state index contributed by atoms with van der Waals surface area (Å²) in [5.41, 5.74) is 1.31. The van der Waals surface area contributed by atoms with Gasteiger partial charge in [-0.05, 0) is 84.9 Å². The van der Waals surface area contributed by atoms with Gasteiger partial charge in [-0.3, -0.25) is 0 Å². The highest BCUT2D eigenvalue weighted by Crippen LogP contribution is 2.71. The summed E-state index contributed by atoms with van der Waals surface area (Å²) in [5, 5.41) is 0. The van der Waals surface area contributed by atoms with Crippen LogP contribution in [-0.4, -0.2) is 8.35 Å². The minimum atomic E-state index is -1.28. The third-order valence-corrected chi connectivity index (χ3v) is 14.6. The Morgan fingerprint density at radius 2 is 1.59 bits per heavy atom. The van der Waals surface area contributed by atoms with Crippen molar-refractivity contribution in [3.63, 3.8) is 0 Å². The Bertz CT molecular complexity index is 528. The summed E-state index contributed by atoms with van der Waals surface area (Å²) in [6.07, 6.45) is 16.6. The lowest BCUT2D eigenvalue weighted by Gasteiger charge is -2.65. The van der Waals surface area contributed by atoms with Gasteiger partial charge in [0.15, 0.2) is 0 Å². The molecule has 0 spiro atoms. The number of hydrogen-bond donors (Lipinski definition) is 0. The first-order valence-electron chi connectivity index (χ1n) is 9.77. The van der Waals surface area contributed by atoms with E-state index in [0.717, 1.165) is 17.8 Å². The first kappa shape index (κ1) is 16.0. The molecular formula is C21H35I. The Balaban J connectivity index is 1.73. The van der Waals surface area contributed by atoms with Gasteiger partial charge < -0.3 is 0 Å². The summed E-state index contributed by atoms with van der Waals surface area (Å²) in [4.78, 5) is 2.48. The molecule has 0 amide bonds. The van der Waals surface area contributed by atoms with Crippen molar-refractivity contribution in [3.05, 3.63) is 0 Å². The lowest BCUT2D eigenvalue weighted by Crippen LogP contribution is -2.59. The highest BCUT2D eigenvalue weighted by Gasteiger charge is 2.62. The van der Waals surface area contributed by atoms with E-state index in [9.17, 15) is 0 Å². The van der Waals surface area contributed by atoms with E-state index in [1.807, 2.05) is 0 Å². The third-order valence-electron chi connectivity index (χ3n) is 9.02. The zero-order valence-corrected chi connectivity index (χ0v) is 17.1. The van der Waals surface area contributed by atoms with Crippen LogP contribution in [0.3, 0.4) is 0 Å². The molecule has 0 radical (unpaired) electrons. The molecule has 0 aromatic rings. The van der Waals surface area contributed by atoms with Gasteiger partial charge in [0.2, 0.25) is 0 Å². The van der Waals surface area contributed by atoms with Gasteiger partial charge in [-0.2, -0.15) is 0 Å². The molecule has 4 aliphatic carbocycles. The van der Waals surface area contributed by atoms with E-state index in [-0.39, 0.29) is 0 Å². The van der Waals surface area contributed by atoms with Gasteiger partial charge in [0.25, 0.3) is 0 Å². The smallest absolute Gasteiger partial charge is 0.0212 e. The second kappa shape index (κ2) is 5.25. The SMILES string of the molecule is C#I(C)[C@]12CCCC[C@]1(C)C1CC[C@]3(C)CCCC3C1CC2. The molecule has 4 rings (SSSR count). The molecule has 4 saturated carbocycles. The monoisotopic (exact) mass is 414 g/mol. The summed E-state index contributed by atoms with van der Waals surface area (Å²) in [6.45, 7) is 5.34. The number of hydrogen-bond acceptors (Lipinski definition) is 0. The van der Waals surface area contributed by atoms with E-state index in [1.54, 1.807) is 0 Å². The van der Waals surface area contributed by atoms with Crippen molar-refractivity contribution < 1.29 is 0 Å². The van der Waals surface area contributed by atoms with Gasteiger partial charge >= 0.3 is 0 Å². The molecule has 0 heterocycles. The average Bonchev–Trinajstić information content (AvgIpc) is 2.88. The number of halogens is 1. The van der Waals surface area contributed by atoms with Crippen molar-refractivity contribution >= 4 is 19.1 Å². The van der Waals surface area contributed by atoms with Gasteiger partial charge in [0.1, 0.15) is 0 Å². The average molecular weight is 414 g/mol. The number of rotatable bonds is 0. The standard InChI is InChI=1S/C21H35I/c1-19-11-7-8-17(19)16-9-15-21(22(3)4)13-6-5-12-20(21,2)18(16)10-14-19/h3,16-18H,5-15H2,1-2,4H3/t16?,17?,18?,19-,20+,21-/m0/s1. The summed E-state index contributed by atoms with van der Waals surface area (Å²) in [5.74, 6) is 3.12. The van der Waals surface area contributed by atoms with E-state index in [4.69, 9.17) is 4.31 Å². The quantitative estimate of drug-likeness (QED) is 0.307. The molecule has 4 aliphatic rings. The fourth-order valence-electron chi connectivity index (χ4n) is 7.84. The minimum absolute atomic E-state index is 0.604. The van der Waals surface area contributed by atoms with Crippen molar-refractivity contribution in [1.82, 2.24) is 0 Å². The molecule has 22 heavy (non-hydrogen) atoms. The van der Waals surface area contributed by atoms with E-state index in [0.29, 0.717) is 14.3 Å². The molecule has 0 aromatic carbocycles. The van der Waals surface area contributed by atoms with Gasteiger partial charge in [-0.25, -0.2) is 0 Å². The fraction of sp³-hybridized carbons (Fsp3) is 0.952. The Morgan fingerprint density at radius 1 is 0.818 bits per heavy atom. The molecule has 126 valence electrons. The third kappa shape index (κ3) is 1.94. The van der Waals surface area contributed by atoms with Gasteiger partial charge in [0.05, 0.1) is 0 Å². The second-order valence-electron chi connectivity index (χ2n) is 9.61. The maximum absolute atomic E-state index is 6.81. The normalized spacial score (nSPS) is 54.6.